The van der Waals surface area contributed by atoms with Crippen molar-refractivity contribution in [3.05, 3.63) is 58.7 Å². The molecule has 64 heavy (non-hydrogen) atoms. The monoisotopic (exact) mass is 949 g/mol. The summed E-state index contributed by atoms with van der Waals surface area (Å²) in [7, 11) is 0. The van der Waals surface area contributed by atoms with Gasteiger partial charge in [0.15, 0.2) is 40.4 Å². The van der Waals surface area contributed by atoms with Crippen molar-refractivity contribution in [3.8, 4) is 0 Å². The summed E-state index contributed by atoms with van der Waals surface area (Å²) < 4.78 is 139. The number of rotatable bonds is 2. The summed E-state index contributed by atoms with van der Waals surface area (Å²) in [5.74, 6) is -7.04. The molecule has 0 radical (unpaired) electrons. The van der Waals surface area contributed by atoms with Gasteiger partial charge < -0.3 is 43.2 Å². The van der Waals surface area contributed by atoms with E-state index in [-0.39, 0.29) is 37.1 Å². The largest absolute Gasteiger partial charge is 0.478 e. The molecular weight excluding hydrogens is 894 g/mol. The topological polar surface area (TPSA) is 148 Å². The third kappa shape index (κ3) is 14.8. The first kappa shape index (κ1) is 53.3. The molecule has 1 N–H and O–H groups in total. The van der Waals surface area contributed by atoms with Gasteiger partial charge in [0.2, 0.25) is 0 Å². The molecule has 2 aromatic heterocycles. The number of aromatic nitrogens is 2. The van der Waals surface area contributed by atoms with Crippen molar-refractivity contribution >= 4 is 24.3 Å². The first-order valence-electron chi connectivity index (χ1n) is 21.3. The third-order valence-corrected chi connectivity index (χ3v) is 11.4. The van der Waals surface area contributed by atoms with Gasteiger partial charge in [0.05, 0.1) is 56.9 Å². The van der Waals surface area contributed by atoms with Gasteiger partial charge in [-0.3, -0.25) is 4.79 Å². The molecule has 2 saturated carbocycles. The van der Waals surface area contributed by atoms with Gasteiger partial charge in [-0.05, 0) is 57.6 Å². The number of amides is 1. The Bertz CT molecular complexity index is 1730. The fourth-order valence-corrected chi connectivity index (χ4v) is 8.11. The van der Waals surface area contributed by atoms with Crippen LogP contribution in [0.25, 0.3) is 0 Å². The minimum Gasteiger partial charge on any atom is -0.478 e. The number of piperidine rings is 1. The van der Waals surface area contributed by atoms with E-state index in [1.165, 1.54) is 56.3 Å². The Hall–Kier alpha value is -3.31. The maximum atomic E-state index is 14.0. The molecule has 0 aromatic carbocycles. The molecule has 5 saturated heterocycles. The summed E-state index contributed by atoms with van der Waals surface area (Å²) in [5, 5.41) is 8.32. The van der Waals surface area contributed by atoms with E-state index in [0.29, 0.717) is 44.4 Å². The number of aromatic carboxylic acids is 1. The lowest BCUT2D eigenvalue weighted by Gasteiger charge is -2.37. The minimum atomic E-state index is -4.99. The second kappa shape index (κ2) is 23.9. The maximum Gasteiger partial charge on any atom is 0.436 e. The zero-order chi connectivity index (χ0) is 45.7. The Morgan fingerprint density at radius 3 is 1.31 bits per heavy atom. The normalized spacial score (nSPS) is 23.0. The molecule has 1 atom stereocenters. The first-order valence-corrected chi connectivity index (χ1v) is 21.3. The Morgan fingerprint density at radius 2 is 0.984 bits per heavy atom. The molecule has 0 bridgehead atoms. The molecule has 7 fully saturated rings. The number of pyridine rings is 2. The smallest absolute Gasteiger partial charge is 0.436 e. The lowest BCUT2D eigenvalue weighted by Crippen LogP contribution is -2.47. The van der Waals surface area contributed by atoms with Crippen molar-refractivity contribution in [1.29, 1.82) is 0 Å². The van der Waals surface area contributed by atoms with Crippen molar-refractivity contribution < 1.29 is 83.0 Å². The molecular formula is C42H56ClF8N3O10. The van der Waals surface area contributed by atoms with E-state index in [0.717, 1.165) is 71.0 Å². The quantitative estimate of drug-likeness (QED) is 0.286. The average molecular weight is 950 g/mol. The lowest BCUT2D eigenvalue weighted by molar-refractivity contribution is -0.181. The van der Waals surface area contributed by atoms with E-state index in [1.807, 2.05) is 0 Å². The van der Waals surface area contributed by atoms with Gasteiger partial charge in [-0.1, -0.05) is 12.8 Å². The molecule has 13 nitrogen and oxygen atoms in total. The number of carboxylic acids is 1. The highest BCUT2D eigenvalue weighted by Gasteiger charge is 2.43. The van der Waals surface area contributed by atoms with Crippen molar-refractivity contribution in [3.63, 3.8) is 0 Å². The van der Waals surface area contributed by atoms with Crippen molar-refractivity contribution in [1.82, 2.24) is 14.9 Å². The molecule has 5 aliphatic heterocycles. The Morgan fingerprint density at radius 1 is 0.609 bits per heavy atom. The fraction of sp³-hybridized carbons (Fsp3) is 0.714. The van der Waals surface area contributed by atoms with Gasteiger partial charge in [-0.2, -0.15) is 26.3 Å². The predicted molar refractivity (Wildman–Crippen MR) is 212 cm³/mol. The molecule has 9 rings (SSSR count). The molecule has 7 aliphatic rings. The summed E-state index contributed by atoms with van der Waals surface area (Å²) in [6, 6.07) is 1.62. The first-order chi connectivity index (χ1) is 29.9. The number of likely N-dealkylation sites (tertiary alicyclic amines) is 1. The van der Waals surface area contributed by atoms with Gasteiger partial charge >= 0.3 is 18.3 Å². The Balaban J connectivity index is 0.000000188. The number of hydrogen-bond acceptors (Lipinski definition) is 11. The molecule has 3 spiro atoms. The number of hydrogen-bond donors (Lipinski definition) is 1. The van der Waals surface area contributed by atoms with Crippen LogP contribution in [0.5, 0.6) is 0 Å². The fourth-order valence-electron chi connectivity index (χ4n) is 8.11. The minimum absolute atomic E-state index is 0. The number of carboxylic acid groups (broad SMARTS) is 1. The Labute approximate surface area is 372 Å². The SMILES string of the molecule is C1CCC2(CC1)OCCO2.C1CCC2(CC1)OCCO2.CC1CCCO1.Cl.O=C(O)c1ccnc(C(F)(F)F)c1F.O=C(c1ccnc(C(F)(F)F)c1F)N1CCC2(CC1)OCCO2. The highest BCUT2D eigenvalue weighted by atomic mass is 35.5. The van der Waals surface area contributed by atoms with Gasteiger partial charge in [0, 0.05) is 70.6 Å². The second-order valence-corrected chi connectivity index (χ2v) is 15.9. The maximum absolute atomic E-state index is 14.0. The second-order valence-electron chi connectivity index (χ2n) is 15.9. The predicted octanol–water partition coefficient (Wildman–Crippen LogP) is 9.15. The van der Waals surface area contributed by atoms with Gasteiger partial charge in [-0.15, -0.1) is 12.4 Å². The standard InChI is InChI=1S/C14H14F4N2O3.2C8H14O2.C7H3F4NO2.C5H10O.ClH/c15-10-9(1-4-19-11(10)14(16,17)18)12(21)20-5-2-13(3-6-20)22-7-8-23-13;2*1-2-4-8(5-3-1)9-6-7-10-8;8-4-3(6(13)14)1-2-12-5(4)7(9,10)11;1-5-3-2-4-6-5;/h1,4H,2-3,5-8H2;2*1-7H2;1-2H,(H,13,14);5H,2-4H2,1H3;1H. The molecule has 22 heteroatoms. The van der Waals surface area contributed by atoms with Crippen molar-refractivity contribution in [2.24, 2.45) is 0 Å². The zero-order valence-corrected chi connectivity index (χ0v) is 36.4. The van der Waals surface area contributed by atoms with Crippen LogP contribution in [0.15, 0.2) is 24.5 Å². The van der Waals surface area contributed by atoms with E-state index in [4.69, 9.17) is 38.3 Å². The molecule has 1 amide bonds. The van der Waals surface area contributed by atoms with Crippen LogP contribution in [-0.4, -0.2) is 115 Å². The van der Waals surface area contributed by atoms with Crippen LogP contribution >= 0.6 is 12.4 Å². The highest BCUT2D eigenvalue weighted by Crippen LogP contribution is 2.37. The summed E-state index contributed by atoms with van der Waals surface area (Å²) in [6.45, 7) is 7.72. The molecule has 1 unspecified atom stereocenters. The molecule has 362 valence electrons. The van der Waals surface area contributed by atoms with Crippen LogP contribution in [-0.2, 0) is 45.5 Å². The number of nitrogens with zero attached hydrogens (tertiary/aromatic N) is 3. The van der Waals surface area contributed by atoms with E-state index < -0.39 is 64.2 Å². The van der Waals surface area contributed by atoms with E-state index in [1.54, 1.807) is 0 Å². The van der Waals surface area contributed by atoms with Gasteiger partial charge in [-0.25, -0.2) is 23.5 Å². The van der Waals surface area contributed by atoms with Gasteiger partial charge in [0.25, 0.3) is 5.91 Å². The summed E-state index contributed by atoms with van der Waals surface area (Å²) >= 11 is 0. The number of alkyl halides is 6. The van der Waals surface area contributed by atoms with Gasteiger partial charge in [0.1, 0.15) is 0 Å². The summed E-state index contributed by atoms with van der Waals surface area (Å²) in [5.41, 5.74) is -5.18. The van der Waals surface area contributed by atoms with E-state index >= 15 is 0 Å². The number of halogens is 9. The molecule has 7 heterocycles. The van der Waals surface area contributed by atoms with E-state index in [9.17, 15) is 44.7 Å². The number of carbonyl (C=O) groups excluding carboxylic acids is 1. The molecule has 2 aromatic rings. The summed E-state index contributed by atoms with van der Waals surface area (Å²) in [4.78, 5) is 29.6. The van der Waals surface area contributed by atoms with Crippen LogP contribution in [0.2, 0.25) is 0 Å². The van der Waals surface area contributed by atoms with Crippen molar-refractivity contribution in [2.45, 2.75) is 133 Å². The van der Waals surface area contributed by atoms with E-state index in [2.05, 4.69) is 16.9 Å². The average Bonchev–Trinajstić information content (AvgIpc) is 4.10. The third-order valence-electron chi connectivity index (χ3n) is 11.4. The lowest BCUT2D eigenvalue weighted by atomic mass is 9.94. The zero-order valence-electron chi connectivity index (χ0n) is 35.5. The number of carbonyl (C=O) groups is 2. The van der Waals surface area contributed by atoms with Crippen LogP contribution in [0.3, 0.4) is 0 Å². The van der Waals surface area contributed by atoms with Crippen LogP contribution in [0, 0.1) is 11.6 Å². The Kier molecular flexibility index (Phi) is 19.9. The van der Waals surface area contributed by atoms with Crippen molar-refractivity contribution in [2.75, 3.05) is 59.3 Å². The van der Waals surface area contributed by atoms with Crippen LogP contribution < -0.4 is 0 Å². The molecule has 2 aliphatic carbocycles. The summed E-state index contributed by atoms with van der Waals surface area (Å²) in [6.07, 6.45) is 7.61. The highest BCUT2D eigenvalue weighted by molar-refractivity contribution is 5.94. The number of ether oxygens (including phenoxy) is 7. The van der Waals surface area contributed by atoms with Crippen LogP contribution in [0.1, 0.15) is 129 Å². The van der Waals surface area contributed by atoms with Crippen LogP contribution in [0.4, 0.5) is 35.1 Å².